The quantitative estimate of drug-likeness (QED) is 0.366. The van der Waals surface area contributed by atoms with Crippen LogP contribution in [-0.4, -0.2) is 79.9 Å². The van der Waals surface area contributed by atoms with E-state index in [4.69, 9.17) is 18.6 Å². The molecule has 0 bridgehead atoms. The van der Waals surface area contributed by atoms with E-state index in [0.29, 0.717) is 56.7 Å². The van der Waals surface area contributed by atoms with E-state index in [-0.39, 0.29) is 24.3 Å². The number of carbonyl (C=O) groups excluding carboxylic acids is 2. The van der Waals surface area contributed by atoms with Crippen molar-refractivity contribution in [3.63, 3.8) is 0 Å². The van der Waals surface area contributed by atoms with E-state index in [1.165, 1.54) is 17.7 Å². The van der Waals surface area contributed by atoms with Gasteiger partial charge in [0.15, 0.2) is 12.2 Å². The molecule has 11 heteroatoms. The molecule has 4 rings (SSSR count). The molecule has 0 unspecified atom stereocenters. The average Bonchev–Trinajstić information content (AvgIpc) is 3.61. The number of anilines is 1. The summed E-state index contributed by atoms with van der Waals surface area (Å²) in [5, 5.41) is 5.60. The summed E-state index contributed by atoms with van der Waals surface area (Å²) in [4.78, 5) is 35.5. The van der Waals surface area contributed by atoms with Gasteiger partial charge in [-0.1, -0.05) is 12.1 Å². The van der Waals surface area contributed by atoms with Crippen molar-refractivity contribution in [3.05, 3.63) is 52.9 Å². The number of nitrogens with one attached hydrogen (secondary N) is 1. The van der Waals surface area contributed by atoms with Gasteiger partial charge in [-0.2, -0.15) is 0 Å². The molecule has 0 aliphatic carbocycles. The number of nitrogens with zero attached hydrogens (tertiary/aromatic N) is 3. The lowest BCUT2D eigenvalue weighted by Gasteiger charge is -2.31. The van der Waals surface area contributed by atoms with Crippen molar-refractivity contribution in [2.75, 3.05) is 58.6 Å². The molecule has 36 heavy (non-hydrogen) atoms. The Kier molecular flexibility index (Phi) is 9.56. The van der Waals surface area contributed by atoms with E-state index in [1.54, 1.807) is 18.7 Å². The van der Waals surface area contributed by atoms with Crippen LogP contribution in [0, 0.1) is 0 Å². The zero-order valence-electron chi connectivity index (χ0n) is 20.2. The van der Waals surface area contributed by atoms with Crippen molar-refractivity contribution in [1.82, 2.24) is 14.9 Å². The van der Waals surface area contributed by atoms with Gasteiger partial charge in [0.2, 0.25) is 5.91 Å². The number of rotatable bonds is 12. The van der Waals surface area contributed by atoms with Crippen molar-refractivity contribution in [2.24, 2.45) is 0 Å². The highest BCUT2D eigenvalue weighted by molar-refractivity contribution is 7.10. The van der Waals surface area contributed by atoms with Crippen LogP contribution in [0.5, 0.6) is 0 Å². The predicted molar refractivity (Wildman–Crippen MR) is 134 cm³/mol. The number of hydrogen-bond donors (Lipinski definition) is 1. The summed E-state index contributed by atoms with van der Waals surface area (Å²) in [5.41, 5.74) is 1.87. The van der Waals surface area contributed by atoms with Crippen LogP contribution in [0.1, 0.15) is 34.3 Å². The predicted octanol–water partition coefficient (Wildman–Crippen LogP) is 3.44. The molecule has 1 aliphatic heterocycles. The van der Waals surface area contributed by atoms with E-state index >= 15 is 0 Å². The normalized spacial score (nSPS) is 14.2. The molecular formula is C25H30N4O6S. The molecule has 3 aromatic rings. The summed E-state index contributed by atoms with van der Waals surface area (Å²) in [5.74, 6) is 0.580. The van der Waals surface area contributed by atoms with Gasteiger partial charge in [-0.15, -0.1) is 11.3 Å². The summed E-state index contributed by atoms with van der Waals surface area (Å²) in [6, 6.07) is 7.38. The highest BCUT2D eigenvalue weighted by atomic mass is 32.1. The first-order valence-electron chi connectivity index (χ1n) is 11.8. The number of amides is 2. The van der Waals surface area contributed by atoms with E-state index in [1.807, 2.05) is 29.2 Å². The molecule has 0 atom stereocenters. The molecule has 10 nitrogen and oxygen atoms in total. The number of thiazole rings is 1. The van der Waals surface area contributed by atoms with Crippen LogP contribution in [0.25, 0.3) is 11.3 Å². The number of likely N-dealkylation sites (tertiary alicyclic amines) is 1. The van der Waals surface area contributed by atoms with E-state index in [9.17, 15) is 9.59 Å². The molecule has 0 radical (unpaired) electrons. The zero-order valence-corrected chi connectivity index (χ0v) is 21.0. The Balaban J connectivity index is 1.21. The van der Waals surface area contributed by atoms with Crippen molar-refractivity contribution < 1.29 is 28.2 Å². The first-order chi connectivity index (χ1) is 17.6. The fourth-order valence-corrected chi connectivity index (χ4v) is 4.84. The maximum absolute atomic E-state index is 12.8. The maximum Gasteiger partial charge on any atom is 0.275 e. The van der Waals surface area contributed by atoms with E-state index in [0.717, 1.165) is 23.4 Å². The third-order valence-electron chi connectivity index (χ3n) is 5.82. The minimum absolute atomic E-state index is 0.0166. The van der Waals surface area contributed by atoms with Gasteiger partial charge < -0.3 is 28.8 Å². The zero-order chi connectivity index (χ0) is 25.2. The van der Waals surface area contributed by atoms with Gasteiger partial charge in [-0.25, -0.2) is 9.97 Å². The minimum Gasteiger partial charge on any atom is -0.444 e. The van der Waals surface area contributed by atoms with Crippen molar-refractivity contribution in [1.29, 1.82) is 0 Å². The van der Waals surface area contributed by atoms with Crippen molar-refractivity contribution in [3.8, 4) is 11.3 Å². The van der Waals surface area contributed by atoms with E-state index < -0.39 is 0 Å². The van der Waals surface area contributed by atoms with Gasteiger partial charge in [0, 0.05) is 42.7 Å². The Morgan fingerprint density at radius 2 is 1.97 bits per heavy atom. The average molecular weight is 515 g/mol. The molecule has 2 amide bonds. The summed E-state index contributed by atoms with van der Waals surface area (Å²) in [7, 11) is 1.62. The summed E-state index contributed by atoms with van der Waals surface area (Å²) in [6.07, 6.45) is 4.60. The highest BCUT2D eigenvalue weighted by Gasteiger charge is 2.26. The number of piperidine rings is 1. The number of carbonyl (C=O) groups is 2. The Bertz CT molecular complexity index is 1110. The number of aromatic nitrogens is 2. The molecule has 192 valence electrons. The highest BCUT2D eigenvalue weighted by Crippen LogP contribution is 2.31. The number of ether oxygens (including phenoxy) is 3. The molecule has 1 aliphatic rings. The SMILES string of the molecule is COCCOCCOCC(=O)N1CCC(c2nc(C(=O)Nc3cccc(-c4cnco4)c3)cs2)CC1. The molecule has 3 heterocycles. The Morgan fingerprint density at radius 3 is 2.75 bits per heavy atom. The van der Waals surface area contributed by atoms with Gasteiger partial charge in [0.05, 0.1) is 37.6 Å². The lowest BCUT2D eigenvalue weighted by Crippen LogP contribution is -2.40. The van der Waals surface area contributed by atoms with Crippen LogP contribution in [0.4, 0.5) is 5.69 Å². The molecule has 1 aromatic carbocycles. The second-order valence-corrected chi connectivity index (χ2v) is 9.17. The topological polar surface area (TPSA) is 116 Å². The van der Waals surface area contributed by atoms with Crippen LogP contribution in [-0.2, 0) is 19.0 Å². The van der Waals surface area contributed by atoms with Gasteiger partial charge in [0.1, 0.15) is 12.3 Å². The van der Waals surface area contributed by atoms with Crippen LogP contribution in [0.3, 0.4) is 0 Å². The summed E-state index contributed by atoms with van der Waals surface area (Å²) in [6.45, 7) is 3.21. The number of oxazole rings is 1. The first-order valence-corrected chi connectivity index (χ1v) is 12.7. The molecule has 0 spiro atoms. The van der Waals surface area contributed by atoms with Crippen LogP contribution in [0.15, 0.2) is 46.7 Å². The second kappa shape index (κ2) is 13.3. The third-order valence-corrected chi connectivity index (χ3v) is 6.83. The smallest absolute Gasteiger partial charge is 0.275 e. The number of benzene rings is 1. The van der Waals surface area contributed by atoms with Gasteiger partial charge in [-0.05, 0) is 25.0 Å². The number of methoxy groups -OCH3 is 1. The molecule has 1 saturated heterocycles. The van der Waals surface area contributed by atoms with Gasteiger partial charge in [-0.3, -0.25) is 9.59 Å². The molecule has 1 N–H and O–H groups in total. The Labute approximate surface area is 213 Å². The molecular weight excluding hydrogens is 484 g/mol. The standard InChI is InChI=1S/C25H30N4O6S/c1-32-9-10-33-11-12-34-15-23(30)29-7-5-18(6-8-29)25-28-21(16-36-25)24(31)27-20-4-2-3-19(13-20)22-14-26-17-35-22/h2-4,13-14,16-18H,5-12,15H2,1H3,(H,27,31). The molecule has 2 aromatic heterocycles. The van der Waals surface area contributed by atoms with Crippen molar-refractivity contribution in [2.45, 2.75) is 18.8 Å². The van der Waals surface area contributed by atoms with Gasteiger partial charge >= 0.3 is 0 Å². The second-order valence-electron chi connectivity index (χ2n) is 8.28. The fraction of sp³-hybridized carbons (Fsp3) is 0.440. The van der Waals surface area contributed by atoms with Crippen molar-refractivity contribution >= 4 is 28.8 Å². The first kappa shape index (κ1) is 26.0. The van der Waals surface area contributed by atoms with E-state index in [2.05, 4.69) is 15.3 Å². The third kappa shape index (κ3) is 7.20. The van der Waals surface area contributed by atoms with Crippen LogP contribution >= 0.6 is 11.3 Å². The van der Waals surface area contributed by atoms with Crippen LogP contribution in [0.2, 0.25) is 0 Å². The lowest BCUT2D eigenvalue weighted by molar-refractivity contribution is -0.137. The van der Waals surface area contributed by atoms with Crippen LogP contribution < -0.4 is 5.32 Å². The maximum atomic E-state index is 12.8. The molecule has 1 fully saturated rings. The lowest BCUT2D eigenvalue weighted by atomic mass is 9.97. The number of hydrogen-bond acceptors (Lipinski definition) is 9. The summed E-state index contributed by atoms with van der Waals surface area (Å²) >= 11 is 1.48. The minimum atomic E-state index is -0.261. The monoisotopic (exact) mass is 514 g/mol. The Hall–Kier alpha value is -3.12. The van der Waals surface area contributed by atoms with Gasteiger partial charge in [0.25, 0.3) is 5.91 Å². The fourth-order valence-electron chi connectivity index (χ4n) is 3.87. The Morgan fingerprint density at radius 1 is 1.17 bits per heavy atom. The largest absolute Gasteiger partial charge is 0.444 e. The summed E-state index contributed by atoms with van der Waals surface area (Å²) < 4.78 is 21.0. The molecule has 0 saturated carbocycles.